The zero-order valence-corrected chi connectivity index (χ0v) is 40.6. The molecule has 11 rings (SSSR count). The molecule has 346 valence electrons. The third-order valence-electron chi connectivity index (χ3n) is 14.7. The van der Waals surface area contributed by atoms with Crippen molar-refractivity contribution in [1.82, 2.24) is 0 Å². The van der Waals surface area contributed by atoms with E-state index in [1.807, 2.05) is 24.3 Å². The minimum absolute atomic E-state index is 0.0628. The number of nitrogens with zero attached hydrogens (tertiary/aromatic N) is 1. The number of anilines is 1. The summed E-state index contributed by atoms with van der Waals surface area (Å²) in [4.78, 5) is 2.55. The molecule has 2 aliphatic rings. The Hall–Kier alpha value is -8.78. The van der Waals surface area contributed by atoms with Gasteiger partial charge in [-0.05, 0) is 120 Å². The quantitative estimate of drug-likeness (QED) is 0.0563. The summed E-state index contributed by atoms with van der Waals surface area (Å²) in [5, 5.41) is 5.00. The molecule has 2 atom stereocenters. The van der Waals surface area contributed by atoms with E-state index in [4.69, 9.17) is 0 Å². The lowest BCUT2D eigenvalue weighted by atomic mass is 9.67. The van der Waals surface area contributed by atoms with Gasteiger partial charge in [0.25, 0.3) is 0 Å². The molecular weight excluding hydrogens is 867 g/mol. The van der Waals surface area contributed by atoms with Crippen LogP contribution in [0.4, 0.5) is 5.69 Å². The molecule has 9 aromatic rings. The van der Waals surface area contributed by atoms with Crippen LogP contribution in [0.3, 0.4) is 0 Å². The fraction of sp³-hybridized carbons (Fsp3) is 0.0704. The Morgan fingerprint density at radius 1 is 0.528 bits per heavy atom. The van der Waals surface area contributed by atoms with Crippen molar-refractivity contribution >= 4 is 45.5 Å². The van der Waals surface area contributed by atoms with Crippen LogP contribution in [0.5, 0.6) is 0 Å². The van der Waals surface area contributed by atoms with Crippen molar-refractivity contribution in [3.63, 3.8) is 0 Å². The molecule has 1 nitrogen and oxygen atoms in total. The van der Waals surface area contributed by atoms with Crippen molar-refractivity contribution in [1.29, 1.82) is 0 Å². The summed E-state index contributed by atoms with van der Waals surface area (Å²) in [6.07, 6.45) is 27.5. The Morgan fingerprint density at radius 2 is 1.17 bits per heavy atom. The largest absolute Gasteiger partial charge is 0.334 e. The zero-order chi connectivity index (χ0) is 48.9. The molecule has 0 aliphatic heterocycles. The summed E-state index contributed by atoms with van der Waals surface area (Å²) in [5.74, 6) is 0.178. The molecular formula is C71H57N. The Labute approximate surface area is 425 Å². The second-order valence-corrected chi connectivity index (χ2v) is 18.8. The van der Waals surface area contributed by atoms with Crippen LogP contribution in [0.1, 0.15) is 63.3 Å². The highest BCUT2D eigenvalue weighted by molar-refractivity contribution is 6.10. The molecule has 0 N–H and O–H groups in total. The molecule has 0 amide bonds. The van der Waals surface area contributed by atoms with Gasteiger partial charge in [-0.1, -0.05) is 262 Å². The number of hydrogen-bond donors (Lipinski definition) is 0. The first kappa shape index (κ1) is 45.7. The van der Waals surface area contributed by atoms with Gasteiger partial charge < -0.3 is 4.90 Å². The third kappa shape index (κ3) is 8.33. The van der Waals surface area contributed by atoms with Gasteiger partial charge in [0.1, 0.15) is 0 Å². The number of fused-ring (bicyclic) bond motifs is 6. The van der Waals surface area contributed by atoms with Crippen molar-refractivity contribution < 1.29 is 0 Å². The molecule has 0 spiro atoms. The van der Waals surface area contributed by atoms with Crippen LogP contribution >= 0.6 is 0 Å². The highest BCUT2D eigenvalue weighted by atomic mass is 15.2. The number of rotatable bonds is 15. The van der Waals surface area contributed by atoms with Crippen LogP contribution in [-0.2, 0) is 5.41 Å². The number of para-hydroxylation sites is 1. The van der Waals surface area contributed by atoms with E-state index in [-0.39, 0.29) is 12.0 Å². The van der Waals surface area contributed by atoms with Gasteiger partial charge in [-0.2, -0.15) is 0 Å². The minimum atomic E-state index is -0.452. The minimum Gasteiger partial charge on any atom is -0.334 e. The second-order valence-electron chi connectivity index (χ2n) is 18.8. The molecule has 0 radical (unpaired) electrons. The molecule has 0 saturated heterocycles. The summed E-state index contributed by atoms with van der Waals surface area (Å²) < 4.78 is 0. The number of benzene rings is 9. The molecule has 0 bridgehead atoms. The first-order chi connectivity index (χ1) is 35.6. The average molecular weight is 924 g/mol. The first-order valence-electron chi connectivity index (χ1n) is 25.1. The van der Waals surface area contributed by atoms with Crippen LogP contribution in [0, 0.1) is 0 Å². The first-order valence-corrected chi connectivity index (χ1v) is 25.1. The molecule has 0 fully saturated rings. The number of hydrogen-bond acceptors (Lipinski definition) is 1. The summed E-state index contributed by atoms with van der Waals surface area (Å²) in [6, 6.07) is 73.8. The topological polar surface area (TPSA) is 3.24 Å². The van der Waals surface area contributed by atoms with Gasteiger partial charge in [0.15, 0.2) is 0 Å². The van der Waals surface area contributed by atoms with Crippen LogP contribution in [-0.4, -0.2) is 6.04 Å². The van der Waals surface area contributed by atoms with Gasteiger partial charge in [0, 0.05) is 22.9 Å². The maximum Gasteiger partial charge on any atom is 0.0713 e. The lowest BCUT2D eigenvalue weighted by Crippen LogP contribution is -2.33. The van der Waals surface area contributed by atoms with E-state index >= 15 is 0 Å². The van der Waals surface area contributed by atoms with E-state index in [2.05, 4.69) is 273 Å². The predicted octanol–water partition coefficient (Wildman–Crippen LogP) is 18.5. The van der Waals surface area contributed by atoms with E-state index in [1.54, 1.807) is 0 Å². The van der Waals surface area contributed by atoms with E-state index in [0.717, 1.165) is 46.5 Å². The van der Waals surface area contributed by atoms with E-state index in [1.165, 1.54) is 66.1 Å². The monoisotopic (exact) mass is 923 g/mol. The smallest absolute Gasteiger partial charge is 0.0713 e. The summed E-state index contributed by atoms with van der Waals surface area (Å²) in [5.41, 5.74) is 16.7. The van der Waals surface area contributed by atoms with E-state index in [0.29, 0.717) is 0 Å². The summed E-state index contributed by atoms with van der Waals surface area (Å²) >= 11 is 0. The highest BCUT2D eigenvalue weighted by Crippen LogP contribution is 2.56. The summed E-state index contributed by atoms with van der Waals surface area (Å²) in [7, 11) is 0. The Bertz CT molecular complexity index is 3610. The normalized spacial score (nSPS) is 15.2. The molecule has 9 aromatic carbocycles. The van der Waals surface area contributed by atoms with Gasteiger partial charge in [-0.3, -0.25) is 0 Å². The van der Waals surface area contributed by atoms with Crippen LogP contribution in [0.25, 0.3) is 62.0 Å². The summed E-state index contributed by atoms with van der Waals surface area (Å²) in [6.45, 7) is 12.2. The lowest BCUT2D eigenvalue weighted by Gasteiger charge is -2.36. The van der Waals surface area contributed by atoms with Gasteiger partial charge in [0.05, 0.1) is 11.5 Å². The maximum atomic E-state index is 4.35. The SMILES string of the molecule is C=C/C=C\c1ccc(-c2ccccc2N(C2=CCC(c3ccc4c(c3)C(c3ccccc3)(c3ccccc3)c3ccccc3-4)C=C2)C(/C=C/c2cc3ccccc3c3ccccc23)CC=C)cc1/C=C\C=C. The Kier molecular flexibility index (Phi) is 12.9. The molecule has 2 unspecified atom stereocenters. The third-order valence-corrected chi connectivity index (χ3v) is 14.7. The zero-order valence-electron chi connectivity index (χ0n) is 40.6. The fourth-order valence-corrected chi connectivity index (χ4v) is 11.4. The predicted molar refractivity (Wildman–Crippen MR) is 310 cm³/mol. The standard InChI is InChI=1S/C71H57N/c1-4-7-24-51-38-39-57(48-53(51)25-8-5-2)64-33-20-22-37-70(64)72(60(23-6-3)46-42-56-49-55-26-15-16-31-62(55)65-34-18-17-32-63(56)65)61-44-40-52(41-45-61)54-43-47-67-66-35-19-21-36-68(66)71(69(67)50-54,58-27-11-9-12-28-58)59-29-13-10-14-30-59/h4-22,24-40,42-50,52,60H,1-3,23,41H2/b24-7-,25-8-,46-42+. The van der Waals surface area contributed by atoms with Crippen LogP contribution < -0.4 is 4.90 Å². The average Bonchev–Trinajstić information content (AvgIpc) is 3.75. The highest BCUT2D eigenvalue weighted by Gasteiger charge is 2.46. The van der Waals surface area contributed by atoms with Crippen LogP contribution in [0.2, 0.25) is 0 Å². The molecule has 1 heteroatoms. The van der Waals surface area contributed by atoms with E-state index in [9.17, 15) is 0 Å². The van der Waals surface area contributed by atoms with Crippen molar-refractivity contribution in [2.24, 2.45) is 0 Å². The molecule has 0 saturated carbocycles. The van der Waals surface area contributed by atoms with Crippen molar-refractivity contribution in [2.75, 3.05) is 4.90 Å². The number of allylic oxidation sites excluding steroid dienone is 7. The van der Waals surface area contributed by atoms with Gasteiger partial charge in [-0.25, -0.2) is 0 Å². The van der Waals surface area contributed by atoms with Crippen LogP contribution in [0.15, 0.2) is 280 Å². The Morgan fingerprint density at radius 3 is 1.89 bits per heavy atom. The van der Waals surface area contributed by atoms with Crippen molar-refractivity contribution in [2.45, 2.75) is 30.2 Å². The van der Waals surface area contributed by atoms with Crippen molar-refractivity contribution in [3.05, 3.63) is 325 Å². The van der Waals surface area contributed by atoms with Gasteiger partial charge in [-0.15, -0.1) is 6.58 Å². The molecule has 2 aliphatic carbocycles. The Balaban J connectivity index is 1.03. The molecule has 72 heavy (non-hydrogen) atoms. The fourth-order valence-electron chi connectivity index (χ4n) is 11.4. The van der Waals surface area contributed by atoms with Gasteiger partial charge >= 0.3 is 0 Å². The molecule has 0 aromatic heterocycles. The van der Waals surface area contributed by atoms with Crippen molar-refractivity contribution in [3.8, 4) is 22.3 Å². The van der Waals surface area contributed by atoms with Gasteiger partial charge in [0.2, 0.25) is 0 Å². The maximum absolute atomic E-state index is 4.35. The lowest BCUT2D eigenvalue weighted by molar-refractivity contribution is 0.747. The second kappa shape index (κ2) is 20.3. The van der Waals surface area contributed by atoms with E-state index < -0.39 is 5.41 Å². The molecule has 0 heterocycles.